The van der Waals surface area contributed by atoms with E-state index in [1.165, 1.54) is 64.7 Å². The molecule has 2 aliphatic rings. The van der Waals surface area contributed by atoms with E-state index in [9.17, 15) is 24.9 Å². The van der Waals surface area contributed by atoms with Crippen molar-refractivity contribution in [1.29, 1.82) is 0 Å². The van der Waals surface area contributed by atoms with Crippen LogP contribution in [0.15, 0.2) is 0 Å². The highest BCUT2D eigenvalue weighted by atomic mass is 16.6. The van der Waals surface area contributed by atoms with E-state index in [2.05, 4.69) is 6.92 Å². The van der Waals surface area contributed by atoms with Crippen LogP contribution in [0, 0.1) is 5.92 Å². The topological polar surface area (TPSA) is 113 Å². The molecule has 2 rings (SSSR count). The van der Waals surface area contributed by atoms with Gasteiger partial charge in [-0.1, -0.05) is 110 Å². The van der Waals surface area contributed by atoms with Crippen molar-refractivity contribution in [3.8, 4) is 0 Å². The quantitative estimate of drug-likeness (QED) is 0.0595. The van der Waals surface area contributed by atoms with Gasteiger partial charge in [0.15, 0.2) is 0 Å². The fraction of sp³-hybridized carbons (Fsp3) is 0.946. The standard InChI is InChI=1S/C37H68O7/c1-3-4-5-6-7-8-9-10-11-18-23-33(40)35-25-26-36(44-35)34(41)24-19-14-16-21-31(39)20-15-12-13-17-22-32-28-30(27-29(2)38)37(42)43-32/h30-36,39-41H,3-28H2,1-2H3/t30?,31?,32?,33-,34+,35+,36+/m0/s1. The maximum atomic E-state index is 11.8. The number of hydrogen-bond acceptors (Lipinski definition) is 7. The number of hydrogen-bond donors (Lipinski definition) is 3. The maximum absolute atomic E-state index is 11.8. The predicted octanol–water partition coefficient (Wildman–Crippen LogP) is 8.13. The third-order valence-electron chi connectivity index (χ3n) is 9.85. The van der Waals surface area contributed by atoms with Crippen LogP contribution < -0.4 is 0 Å². The molecule has 258 valence electrons. The number of unbranched alkanes of at least 4 members (excludes halogenated alkanes) is 14. The second kappa shape index (κ2) is 24.2. The molecule has 7 heteroatoms. The van der Waals surface area contributed by atoms with Gasteiger partial charge in [0.25, 0.3) is 0 Å². The SMILES string of the molecule is CCCCCCCCCCCC[C@H](O)[C@H]1CC[C@H]([C@H](O)CCCCCC(O)CCCCCCC2CC(CC(C)=O)C(=O)O2)O1. The number of carbonyl (C=O) groups is 2. The van der Waals surface area contributed by atoms with Gasteiger partial charge in [0.2, 0.25) is 0 Å². The molecule has 0 radical (unpaired) electrons. The van der Waals surface area contributed by atoms with Gasteiger partial charge in [0, 0.05) is 6.42 Å². The number of esters is 1. The zero-order chi connectivity index (χ0) is 32.0. The van der Waals surface area contributed by atoms with Crippen molar-refractivity contribution in [1.82, 2.24) is 0 Å². The van der Waals surface area contributed by atoms with E-state index in [1.54, 1.807) is 0 Å². The largest absolute Gasteiger partial charge is 0.462 e. The molecule has 0 aromatic carbocycles. The van der Waals surface area contributed by atoms with Crippen LogP contribution in [0.2, 0.25) is 0 Å². The van der Waals surface area contributed by atoms with Crippen LogP contribution >= 0.6 is 0 Å². The van der Waals surface area contributed by atoms with Crippen LogP contribution in [0.3, 0.4) is 0 Å². The second-order valence-electron chi connectivity index (χ2n) is 14.1. The van der Waals surface area contributed by atoms with E-state index >= 15 is 0 Å². The minimum absolute atomic E-state index is 0.0385. The molecule has 0 aliphatic carbocycles. The first-order valence-corrected chi connectivity index (χ1v) is 18.7. The van der Waals surface area contributed by atoms with Crippen molar-refractivity contribution >= 4 is 11.8 Å². The van der Waals surface area contributed by atoms with Crippen LogP contribution in [0.4, 0.5) is 0 Å². The Labute approximate surface area is 269 Å². The Morgan fingerprint density at radius 2 is 1.16 bits per heavy atom. The number of cyclic esters (lactones) is 1. The number of aliphatic hydroxyl groups is 3. The molecule has 2 fully saturated rings. The molecule has 3 unspecified atom stereocenters. The summed E-state index contributed by atoms with van der Waals surface area (Å²) in [6, 6.07) is 0. The minimum atomic E-state index is -0.470. The monoisotopic (exact) mass is 624 g/mol. The lowest BCUT2D eigenvalue weighted by Crippen LogP contribution is -2.31. The Morgan fingerprint density at radius 3 is 1.68 bits per heavy atom. The van der Waals surface area contributed by atoms with Crippen LogP contribution in [0.25, 0.3) is 0 Å². The summed E-state index contributed by atoms with van der Waals surface area (Å²) in [6.07, 6.45) is 25.1. The summed E-state index contributed by atoms with van der Waals surface area (Å²) in [5.74, 6) is -0.419. The number of rotatable bonds is 28. The molecule has 0 saturated carbocycles. The van der Waals surface area contributed by atoms with Crippen LogP contribution in [-0.4, -0.2) is 63.7 Å². The molecule has 2 aliphatic heterocycles. The van der Waals surface area contributed by atoms with E-state index in [0.717, 1.165) is 89.9 Å². The third-order valence-corrected chi connectivity index (χ3v) is 9.85. The Morgan fingerprint density at radius 1 is 0.705 bits per heavy atom. The second-order valence-corrected chi connectivity index (χ2v) is 14.1. The highest BCUT2D eigenvalue weighted by Crippen LogP contribution is 2.29. The van der Waals surface area contributed by atoms with Gasteiger partial charge in [-0.05, 0) is 64.7 Å². The highest BCUT2D eigenvalue weighted by Gasteiger charge is 2.35. The first-order valence-electron chi connectivity index (χ1n) is 18.7. The lowest BCUT2D eigenvalue weighted by atomic mass is 9.96. The zero-order valence-electron chi connectivity index (χ0n) is 28.4. The van der Waals surface area contributed by atoms with E-state index in [4.69, 9.17) is 9.47 Å². The van der Waals surface area contributed by atoms with Crippen molar-refractivity contribution in [3.05, 3.63) is 0 Å². The van der Waals surface area contributed by atoms with Gasteiger partial charge in [0.1, 0.15) is 11.9 Å². The first-order chi connectivity index (χ1) is 21.3. The molecule has 44 heavy (non-hydrogen) atoms. The Balaban J connectivity index is 1.38. The molecule has 2 saturated heterocycles. The normalized spacial score (nSPS) is 24.0. The number of aliphatic hydroxyl groups excluding tert-OH is 3. The molecule has 0 amide bonds. The van der Waals surface area contributed by atoms with Gasteiger partial charge in [-0.3, -0.25) is 4.79 Å². The molecular weight excluding hydrogens is 556 g/mol. The molecule has 3 N–H and O–H groups in total. The maximum Gasteiger partial charge on any atom is 0.309 e. The Kier molecular flexibility index (Phi) is 21.5. The fourth-order valence-corrected chi connectivity index (χ4v) is 7.04. The Bertz CT molecular complexity index is 743. The summed E-state index contributed by atoms with van der Waals surface area (Å²) in [6.45, 7) is 3.78. The molecule has 7 nitrogen and oxygen atoms in total. The van der Waals surface area contributed by atoms with Gasteiger partial charge in [-0.25, -0.2) is 0 Å². The summed E-state index contributed by atoms with van der Waals surface area (Å²) in [5, 5.41) is 31.6. The lowest BCUT2D eigenvalue weighted by molar-refractivity contribution is -0.145. The summed E-state index contributed by atoms with van der Waals surface area (Å²) < 4.78 is 11.5. The number of ether oxygens (including phenoxy) is 2. The number of Topliss-reactive ketones (excluding diaryl/α,β-unsaturated/α-hetero) is 1. The molecule has 7 atom stereocenters. The smallest absolute Gasteiger partial charge is 0.309 e. The average molecular weight is 625 g/mol. The van der Waals surface area contributed by atoms with Crippen LogP contribution in [-0.2, 0) is 19.1 Å². The summed E-state index contributed by atoms with van der Waals surface area (Å²) >= 11 is 0. The van der Waals surface area contributed by atoms with Crippen molar-refractivity contribution in [3.63, 3.8) is 0 Å². The van der Waals surface area contributed by atoms with E-state index in [1.807, 2.05) is 0 Å². The van der Waals surface area contributed by atoms with Crippen molar-refractivity contribution in [2.24, 2.45) is 5.92 Å². The van der Waals surface area contributed by atoms with Gasteiger partial charge >= 0.3 is 5.97 Å². The molecule has 0 aromatic heterocycles. The number of carbonyl (C=O) groups excluding carboxylic acids is 2. The fourth-order valence-electron chi connectivity index (χ4n) is 7.04. The van der Waals surface area contributed by atoms with E-state index < -0.39 is 12.2 Å². The van der Waals surface area contributed by atoms with E-state index in [-0.39, 0.29) is 42.1 Å². The lowest BCUT2D eigenvalue weighted by Gasteiger charge is -2.22. The molecule has 2 heterocycles. The van der Waals surface area contributed by atoms with Gasteiger partial charge < -0.3 is 29.6 Å². The van der Waals surface area contributed by atoms with Crippen LogP contribution in [0.1, 0.15) is 181 Å². The third kappa shape index (κ3) is 17.6. The summed E-state index contributed by atoms with van der Waals surface area (Å²) in [7, 11) is 0. The molecular formula is C37H68O7. The van der Waals surface area contributed by atoms with Crippen molar-refractivity contribution in [2.45, 2.75) is 217 Å². The molecule has 0 aromatic rings. The van der Waals surface area contributed by atoms with Crippen molar-refractivity contribution in [2.75, 3.05) is 0 Å². The molecule has 0 spiro atoms. The first kappa shape index (κ1) is 39.2. The van der Waals surface area contributed by atoms with E-state index in [0.29, 0.717) is 19.3 Å². The predicted molar refractivity (Wildman–Crippen MR) is 176 cm³/mol. The van der Waals surface area contributed by atoms with Crippen molar-refractivity contribution < 1.29 is 34.4 Å². The zero-order valence-corrected chi connectivity index (χ0v) is 28.4. The summed E-state index contributed by atoms with van der Waals surface area (Å²) in [5.41, 5.74) is 0. The minimum Gasteiger partial charge on any atom is -0.462 e. The van der Waals surface area contributed by atoms with Gasteiger partial charge in [-0.2, -0.15) is 0 Å². The molecule has 0 bridgehead atoms. The Hall–Kier alpha value is -1.02. The number of ketones is 1. The summed E-state index contributed by atoms with van der Waals surface area (Å²) in [4.78, 5) is 23.1. The van der Waals surface area contributed by atoms with Gasteiger partial charge in [0.05, 0.1) is 36.4 Å². The van der Waals surface area contributed by atoms with Crippen LogP contribution in [0.5, 0.6) is 0 Å². The highest BCUT2D eigenvalue weighted by molar-refractivity contribution is 5.83. The average Bonchev–Trinajstić information content (AvgIpc) is 3.62. The van der Waals surface area contributed by atoms with Gasteiger partial charge in [-0.15, -0.1) is 0 Å².